The molecule has 0 bridgehead atoms. The van der Waals surface area contributed by atoms with Gasteiger partial charge in [0.25, 0.3) is 11.8 Å². The van der Waals surface area contributed by atoms with Crippen molar-refractivity contribution in [1.82, 2.24) is 15.2 Å². The van der Waals surface area contributed by atoms with Crippen LogP contribution < -0.4 is 15.4 Å². The average molecular weight is 617 g/mol. The molecule has 0 saturated carbocycles. The first-order valence-electron chi connectivity index (χ1n) is 14.2. The van der Waals surface area contributed by atoms with Crippen molar-refractivity contribution in [2.45, 2.75) is 45.3 Å². The Morgan fingerprint density at radius 3 is 2.67 bits per heavy atom. The van der Waals surface area contributed by atoms with Gasteiger partial charge >= 0.3 is 0 Å². The summed E-state index contributed by atoms with van der Waals surface area (Å²) < 4.78 is 5.27. The molecule has 1 aromatic heterocycles. The second kappa shape index (κ2) is 14.0. The molecule has 10 heteroatoms. The first-order chi connectivity index (χ1) is 20.8. The molecular formula is C33H36N4O4S2. The van der Waals surface area contributed by atoms with Crippen LogP contribution in [0.4, 0.5) is 5.69 Å². The third-order valence-corrected chi connectivity index (χ3v) is 9.44. The number of anilines is 1. The van der Waals surface area contributed by atoms with E-state index in [0.29, 0.717) is 42.1 Å². The highest BCUT2D eigenvalue weighted by atomic mass is 32.2. The first-order valence-corrected chi connectivity index (χ1v) is 16.2. The second-order valence-electron chi connectivity index (χ2n) is 10.7. The number of thioether (sulfide) groups is 1. The monoisotopic (exact) mass is 616 g/mol. The van der Waals surface area contributed by atoms with Crippen molar-refractivity contribution >= 4 is 40.6 Å². The zero-order valence-corrected chi connectivity index (χ0v) is 26.1. The van der Waals surface area contributed by atoms with Crippen molar-refractivity contribution < 1.29 is 19.4 Å². The average Bonchev–Trinajstić information content (AvgIpc) is 3.68. The maximum absolute atomic E-state index is 13.4. The van der Waals surface area contributed by atoms with E-state index >= 15 is 0 Å². The Hall–Kier alpha value is -4.02. The molecule has 4 aromatic rings. The van der Waals surface area contributed by atoms with Crippen LogP contribution in [0.3, 0.4) is 0 Å². The van der Waals surface area contributed by atoms with Crippen molar-refractivity contribution in [3.05, 3.63) is 105 Å². The van der Waals surface area contributed by atoms with Crippen LogP contribution in [0.25, 0.3) is 0 Å². The quantitative estimate of drug-likeness (QED) is 0.167. The van der Waals surface area contributed by atoms with Crippen LogP contribution in [0, 0.1) is 6.92 Å². The van der Waals surface area contributed by atoms with Crippen LogP contribution in [0.5, 0.6) is 11.5 Å². The van der Waals surface area contributed by atoms with Crippen LogP contribution in [-0.4, -0.2) is 51.6 Å². The number of methoxy groups -OCH3 is 1. The molecule has 2 heterocycles. The summed E-state index contributed by atoms with van der Waals surface area (Å²) >= 11 is 3.29. The number of carbonyl (C=O) groups excluding carboxylic acids is 2. The maximum atomic E-state index is 13.4. The van der Waals surface area contributed by atoms with Gasteiger partial charge in [0, 0.05) is 40.5 Å². The molecule has 0 spiro atoms. The summed E-state index contributed by atoms with van der Waals surface area (Å²) in [4.78, 5) is 32.9. The Kier molecular flexibility index (Phi) is 9.89. The number of nitrogens with zero attached hydrogens (tertiary/aromatic N) is 2. The van der Waals surface area contributed by atoms with Gasteiger partial charge in [0.05, 0.1) is 24.7 Å². The summed E-state index contributed by atoms with van der Waals surface area (Å²) in [6, 6.07) is 20.2. The molecule has 1 aliphatic heterocycles. The van der Waals surface area contributed by atoms with Gasteiger partial charge in [-0.2, -0.15) is 0 Å². The molecular weight excluding hydrogens is 581 g/mol. The summed E-state index contributed by atoms with van der Waals surface area (Å²) in [6.45, 7) is 4.47. The highest BCUT2D eigenvalue weighted by Crippen LogP contribution is 2.36. The summed E-state index contributed by atoms with van der Waals surface area (Å²) in [6.07, 6.45) is 1.38. The fourth-order valence-corrected chi connectivity index (χ4v) is 7.13. The Bertz CT molecular complexity index is 1590. The maximum Gasteiger partial charge on any atom is 0.255 e. The van der Waals surface area contributed by atoms with Crippen molar-refractivity contribution in [2.24, 2.45) is 0 Å². The molecule has 2 atom stereocenters. The van der Waals surface area contributed by atoms with Crippen molar-refractivity contribution in [2.75, 3.05) is 24.1 Å². The lowest BCUT2D eigenvalue weighted by atomic mass is 10.0. The predicted octanol–water partition coefficient (Wildman–Crippen LogP) is 6.42. The van der Waals surface area contributed by atoms with Crippen molar-refractivity contribution in [3.8, 4) is 11.5 Å². The van der Waals surface area contributed by atoms with Crippen LogP contribution in [0.1, 0.15) is 61.9 Å². The summed E-state index contributed by atoms with van der Waals surface area (Å²) in [5.74, 6) is 2.08. The number of rotatable bonds is 11. The van der Waals surface area contributed by atoms with Gasteiger partial charge in [-0.05, 0) is 80.3 Å². The summed E-state index contributed by atoms with van der Waals surface area (Å²) in [5, 5.41) is 19.8. The molecule has 3 aromatic carbocycles. The molecule has 3 N–H and O–H groups in total. The number of aryl methyl sites for hydroxylation is 2. The van der Waals surface area contributed by atoms with E-state index in [1.807, 2.05) is 60.5 Å². The van der Waals surface area contributed by atoms with E-state index < -0.39 is 0 Å². The number of benzene rings is 3. The van der Waals surface area contributed by atoms with Gasteiger partial charge in [-0.15, -0.1) is 23.1 Å². The van der Waals surface area contributed by atoms with Crippen LogP contribution in [-0.2, 0) is 13.0 Å². The summed E-state index contributed by atoms with van der Waals surface area (Å²) in [7, 11) is 1.64. The Balaban J connectivity index is 1.13. The molecule has 8 nitrogen and oxygen atoms in total. The minimum absolute atomic E-state index is 0.0500. The van der Waals surface area contributed by atoms with Gasteiger partial charge in [-0.1, -0.05) is 24.3 Å². The number of hydrogen-bond donors (Lipinski definition) is 3. The van der Waals surface area contributed by atoms with Gasteiger partial charge in [-0.3, -0.25) is 9.59 Å². The molecule has 0 aliphatic carbocycles. The number of carbonyl (C=O) groups is 2. The molecule has 0 radical (unpaired) electrons. The third-order valence-electron chi connectivity index (χ3n) is 7.36. The van der Waals surface area contributed by atoms with Crippen LogP contribution in [0.2, 0.25) is 0 Å². The smallest absolute Gasteiger partial charge is 0.255 e. The molecule has 1 saturated heterocycles. The lowest BCUT2D eigenvalue weighted by molar-refractivity contribution is 0.0746. The zero-order chi connectivity index (χ0) is 30.3. The Labute approximate surface area is 260 Å². The highest BCUT2D eigenvalue weighted by Gasteiger charge is 2.33. The van der Waals surface area contributed by atoms with Gasteiger partial charge in [-0.25, -0.2) is 4.98 Å². The van der Waals surface area contributed by atoms with Gasteiger partial charge in [0.2, 0.25) is 0 Å². The second-order valence-corrected chi connectivity index (χ2v) is 12.6. The van der Waals surface area contributed by atoms with E-state index in [-0.39, 0.29) is 29.6 Å². The molecule has 0 unspecified atom stereocenters. The van der Waals surface area contributed by atoms with Gasteiger partial charge < -0.3 is 25.4 Å². The highest BCUT2D eigenvalue weighted by molar-refractivity contribution is 7.99. The third kappa shape index (κ3) is 7.69. The number of thiazole rings is 1. The number of aromatic nitrogens is 1. The van der Waals surface area contributed by atoms with E-state index in [4.69, 9.17) is 4.74 Å². The number of nitrogens with one attached hydrogen (secondary N) is 2. The Morgan fingerprint density at radius 1 is 1.09 bits per heavy atom. The summed E-state index contributed by atoms with van der Waals surface area (Å²) in [5.41, 5.74) is 4.59. The van der Waals surface area contributed by atoms with Gasteiger partial charge in [0.1, 0.15) is 16.5 Å². The molecule has 2 amide bonds. The molecule has 5 rings (SSSR count). The van der Waals surface area contributed by atoms with Gasteiger partial charge in [0.15, 0.2) is 0 Å². The molecule has 43 heavy (non-hydrogen) atoms. The minimum Gasteiger partial charge on any atom is -0.506 e. The van der Waals surface area contributed by atoms with Crippen LogP contribution >= 0.6 is 23.1 Å². The molecule has 1 fully saturated rings. The normalized spacial score (nSPS) is 15.2. The fraction of sp³-hybridized carbons (Fsp3) is 0.303. The first kappa shape index (κ1) is 30.4. The van der Waals surface area contributed by atoms with Crippen LogP contribution in [0.15, 0.2) is 72.1 Å². The standard InChI is InChI=1S/C33H36N4O4S2/c1-21(10-11-23-12-13-28(30(38)15-23)34-17-24-6-4-9-27(14-24)41-3)35-31(39)25-7-5-8-26(16-25)33(40)37-20-42-19-29(37)32-36-22(2)18-43-32/h4-9,12-16,18,21,29,34,38H,10-11,17,19-20H2,1-3H3,(H,35,39)/t21-,29+/m0/s1. The SMILES string of the molecule is COc1cccc(CNc2ccc(CC[C@H](C)NC(=O)c3cccc(C(=O)N4CSC[C@@H]4c4nc(C)cs4)c3)cc2O)c1. The minimum atomic E-state index is -0.218. The number of ether oxygens (including phenoxy) is 1. The lowest BCUT2D eigenvalue weighted by Gasteiger charge is -2.22. The van der Waals surface area contributed by atoms with E-state index in [1.165, 1.54) is 0 Å². The van der Waals surface area contributed by atoms with Crippen molar-refractivity contribution in [1.29, 1.82) is 0 Å². The van der Waals surface area contributed by atoms with E-state index in [2.05, 4.69) is 15.6 Å². The largest absolute Gasteiger partial charge is 0.506 e. The van der Waals surface area contributed by atoms with E-state index in [1.54, 1.807) is 60.5 Å². The van der Waals surface area contributed by atoms with Crippen molar-refractivity contribution in [3.63, 3.8) is 0 Å². The number of amides is 2. The topological polar surface area (TPSA) is 104 Å². The predicted molar refractivity (Wildman–Crippen MR) is 173 cm³/mol. The van der Waals surface area contributed by atoms with E-state index in [9.17, 15) is 14.7 Å². The molecule has 1 aliphatic rings. The lowest BCUT2D eigenvalue weighted by Crippen LogP contribution is -2.33. The zero-order valence-electron chi connectivity index (χ0n) is 24.5. The number of phenols is 1. The molecule has 224 valence electrons. The number of phenolic OH excluding ortho intramolecular Hbond substituents is 1. The number of aromatic hydroxyl groups is 1. The Morgan fingerprint density at radius 2 is 1.91 bits per heavy atom. The number of hydrogen-bond acceptors (Lipinski definition) is 8. The van der Waals surface area contributed by atoms with E-state index in [0.717, 1.165) is 33.3 Å². The fourth-order valence-electron chi connectivity index (χ4n) is 4.96.